The second kappa shape index (κ2) is 22.3. The molecule has 0 aromatic rings. The van der Waals surface area contributed by atoms with E-state index in [1.807, 2.05) is 20.8 Å². The first-order chi connectivity index (χ1) is 15.2. The van der Waals surface area contributed by atoms with Gasteiger partial charge in [0.1, 0.15) is 6.10 Å². The van der Waals surface area contributed by atoms with Crippen LogP contribution in [0.2, 0.25) is 0 Å². The quantitative estimate of drug-likeness (QED) is 0.0899. The molecule has 0 spiro atoms. The zero-order valence-electron chi connectivity index (χ0n) is 23.6. The van der Waals surface area contributed by atoms with Crippen LogP contribution < -0.4 is 98.9 Å². The molecule has 0 saturated heterocycles. The molecule has 0 aliphatic heterocycles. The van der Waals surface area contributed by atoms with Crippen LogP contribution in [0.15, 0.2) is 0 Å². The second-order valence-electron chi connectivity index (χ2n) is 10.3. The van der Waals surface area contributed by atoms with Gasteiger partial charge in [-0.1, -0.05) is 41.5 Å². The molecule has 0 aromatic carbocycles. The van der Waals surface area contributed by atoms with Gasteiger partial charge in [-0.2, -0.15) is 0 Å². The number of carbonyl (C=O) groups excluding carboxylic acids is 2. The fraction of sp³-hybridized carbons (Fsp3) is 0.905. The van der Waals surface area contributed by atoms with Crippen molar-refractivity contribution in [2.45, 2.75) is 60.5 Å². The van der Waals surface area contributed by atoms with E-state index in [1.54, 1.807) is 20.8 Å². The zero-order valence-corrected chi connectivity index (χ0v) is 30.4. The van der Waals surface area contributed by atoms with Crippen molar-refractivity contribution in [2.75, 3.05) is 26.4 Å². The number of aliphatic hydroxyl groups excluding tert-OH is 4. The Kier molecular flexibility index (Phi) is 29.1. The molecule has 0 bridgehead atoms. The third-order valence-electron chi connectivity index (χ3n) is 5.64. The predicted molar refractivity (Wildman–Crippen MR) is 115 cm³/mol. The Labute approximate surface area is 286 Å². The van der Waals surface area contributed by atoms with Gasteiger partial charge in [-0.25, -0.2) is 8.42 Å². The third-order valence-corrected chi connectivity index (χ3v) is 6.13. The van der Waals surface area contributed by atoms with Crippen LogP contribution in [0.5, 0.6) is 0 Å². The van der Waals surface area contributed by atoms with E-state index < -0.39 is 71.4 Å². The van der Waals surface area contributed by atoms with Gasteiger partial charge in [0.15, 0.2) is 0 Å². The molecule has 0 amide bonds. The number of aliphatic carboxylic acids is 2. The van der Waals surface area contributed by atoms with Gasteiger partial charge in [-0.15, -0.1) is 0 Å². The van der Waals surface area contributed by atoms with Crippen molar-refractivity contribution in [2.24, 2.45) is 34.5 Å². The number of carbonyl (C=O) groups is 2. The molecule has 0 rings (SSSR count). The minimum Gasteiger partial charge on any atom is -0.726 e. The van der Waals surface area contributed by atoms with Gasteiger partial charge >= 0.3 is 88.7 Å². The molecule has 5 unspecified atom stereocenters. The van der Waals surface area contributed by atoms with Gasteiger partial charge in [0, 0.05) is 30.4 Å². The maximum Gasteiger partial charge on any atom is 1.00 e. The first-order valence-corrected chi connectivity index (χ1v) is 12.1. The molecular weight excluding hydrogens is 545 g/mol. The number of hydrogen-bond acceptors (Lipinski definition) is 12. The van der Waals surface area contributed by atoms with E-state index >= 15 is 0 Å². The number of hydrogen-bond donors (Lipinski definition) is 4. The normalized spacial score (nSPS) is 15.6. The van der Waals surface area contributed by atoms with Gasteiger partial charge in [-0.05, 0) is 35.5 Å². The molecule has 37 heavy (non-hydrogen) atoms. The van der Waals surface area contributed by atoms with Crippen LogP contribution >= 0.6 is 0 Å². The van der Waals surface area contributed by atoms with Crippen molar-refractivity contribution in [1.29, 1.82) is 0 Å². The molecule has 12 nitrogen and oxygen atoms in total. The molecule has 204 valence electrons. The van der Waals surface area contributed by atoms with Gasteiger partial charge in [-0.3, -0.25) is 4.18 Å². The van der Waals surface area contributed by atoms with Crippen molar-refractivity contribution >= 4 is 22.3 Å². The smallest absolute Gasteiger partial charge is 0.726 e. The monoisotopic (exact) mass is 584 g/mol. The maximum atomic E-state index is 10.8. The number of carboxylic acid groups (broad SMARTS) is 2. The third kappa shape index (κ3) is 22.0. The molecule has 0 aliphatic rings. The van der Waals surface area contributed by atoms with E-state index in [2.05, 4.69) is 4.18 Å². The van der Waals surface area contributed by atoms with E-state index in [0.717, 1.165) is 0 Å². The second-order valence-corrected chi connectivity index (χ2v) is 11.3. The molecular formula is C21H39Na3O12S. The van der Waals surface area contributed by atoms with Crippen molar-refractivity contribution in [3.05, 3.63) is 0 Å². The molecule has 0 saturated carbocycles. The van der Waals surface area contributed by atoms with E-state index in [1.165, 1.54) is 0 Å². The van der Waals surface area contributed by atoms with Gasteiger partial charge < -0.3 is 44.8 Å². The van der Waals surface area contributed by atoms with Crippen LogP contribution in [0.3, 0.4) is 0 Å². The van der Waals surface area contributed by atoms with Crippen molar-refractivity contribution < 1.29 is 146 Å². The van der Waals surface area contributed by atoms with Crippen molar-refractivity contribution in [1.82, 2.24) is 0 Å². The molecule has 0 aliphatic carbocycles. The first-order valence-electron chi connectivity index (χ1n) is 10.7. The van der Waals surface area contributed by atoms with Crippen LogP contribution in [0.1, 0.15) is 54.4 Å². The Bertz CT molecular complexity index is 723. The van der Waals surface area contributed by atoms with Gasteiger partial charge in [0.25, 0.3) is 0 Å². The summed E-state index contributed by atoms with van der Waals surface area (Å²) >= 11 is 0. The number of rotatable bonds is 13. The first kappa shape index (κ1) is 48.4. The molecule has 5 atom stereocenters. The molecule has 0 aromatic heterocycles. The molecule has 16 heteroatoms. The zero-order chi connectivity index (χ0) is 27.5. The number of carboxylic acids is 2. The summed E-state index contributed by atoms with van der Waals surface area (Å²) in [7, 11) is -5.04. The fourth-order valence-corrected chi connectivity index (χ4v) is 3.78. The van der Waals surface area contributed by atoms with Crippen molar-refractivity contribution in [3.63, 3.8) is 0 Å². The number of aliphatic hydroxyl groups is 4. The van der Waals surface area contributed by atoms with E-state index in [-0.39, 0.29) is 119 Å². The minimum atomic E-state index is -5.04. The average Bonchev–Trinajstić information content (AvgIpc) is 2.65. The average molecular weight is 585 g/mol. The van der Waals surface area contributed by atoms with Crippen LogP contribution in [0.4, 0.5) is 0 Å². The van der Waals surface area contributed by atoms with Gasteiger partial charge in [0.2, 0.25) is 10.4 Å². The minimum absolute atomic E-state index is 0. The molecule has 0 heterocycles. The van der Waals surface area contributed by atoms with E-state index in [9.17, 15) is 37.9 Å². The SMILES string of the molecule is CC(C)(C)C(CC(CO)C(=O)[O-])C(CO)OS(=O)(=O)[O-].CC(C)(C)C(CO)CC(CO)C(=O)[O-].[Na+].[Na+].[Na+]. The van der Waals surface area contributed by atoms with E-state index in [0.29, 0.717) is 0 Å². The summed E-state index contributed by atoms with van der Waals surface area (Å²) in [4.78, 5) is 21.4. The Morgan fingerprint density at radius 1 is 0.730 bits per heavy atom. The Morgan fingerprint density at radius 3 is 1.32 bits per heavy atom. The summed E-state index contributed by atoms with van der Waals surface area (Å²) in [5, 5.41) is 57.5. The summed E-state index contributed by atoms with van der Waals surface area (Å²) in [6.07, 6.45) is -1.33. The van der Waals surface area contributed by atoms with Crippen LogP contribution in [-0.2, 0) is 24.2 Å². The summed E-state index contributed by atoms with van der Waals surface area (Å²) in [5.74, 6) is -5.81. The summed E-state index contributed by atoms with van der Waals surface area (Å²) in [6.45, 7) is 8.82. The topological polar surface area (TPSA) is 228 Å². The summed E-state index contributed by atoms with van der Waals surface area (Å²) in [5.41, 5.74) is -0.835. The summed E-state index contributed by atoms with van der Waals surface area (Å²) in [6, 6.07) is 0. The van der Waals surface area contributed by atoms with Gasteiger partial charge in [0.05, 0.1) is 19.8 Å². The maximum absolute atomic E-state index is 10.8. The Morgan fingerprint density at radius 2 is 1.11 bits per heavy atom. The Hall–Kier alpha value is 1.65. The predicted octanol–water partition coefficient (Wildman–Crippen LogP) is -11.4. The molecule has 4 N–H and O–H groups in total. The Balaban J connectivity index is -0.000000180. The standard InChI is InChI=1S/C11H22O8S.C10H20O4.3Na/c1-11(2,3)8(4-7(5-12)10(14)15)9(6-13)19-20(16,17)18;1-10(2,3)8(6-12)4-7(5-11)9(13)14;;;/h7-9,12-13H,4-6H2,1-3H3,(H,14,15)(H,16,17,18);7-8,11-12H,4-6H2,1-3H3,(H,13,14);;;/q;;3*+1/p-3. The van der Waals surface area contributed by atoms with Crippen LogP contribution in [-0.4, -0.2) is 77.9 Å². The van der Waals surface area contributed by atoms with Crippen molar-refractivity contribution in [3.8, 4) is 0 Å². The summed E-state index contributed by atoms with van der Waals surface area (Å²) < 4.78 is 36.2. The molecule has 0 fully saturated rings. The largest absolute Gasteiger partial charge is 1.00 e. The van der Waals surface area contributed by atoms with E-state index in [4.69, 9.17) is 15.3 Å². The fourth-order valence-electron chi connectivity index (χ4n) is 3.28. The van der Waals surface area contributed by atoms with Crippen LogP contribution in [0.25, 0.3) is 0 Å². The van der Waals surface area contributed by atoms with Crippen LogP contribution in [0, 0.1) is 34.5 Å². The molecule has 0 radical (unpaired) electrons.